The Bertz CT molecular complexity index is 1230. The third-order valence-electron chi connectivity index (χ3n) is 5.67. The molecule has 1 saturated heterocycles. The maximum atomic E-state index is 12.9. The Labute approximate surface area is 218 Å². The van der Waals surface area contributed by atoms with Crippen molar-refractivity contribution in [2.75, 3.05) is 38.1 Å². The average Bonchev–Trinajstić information content (AvgIpc) is 3.37. The normalized spacial score (nSPS) is 13.4. The van der Waals surface area contributed by atoms with Crippen LogP contribution in [0.4, 0.5) is 9.93 Å². The lowest BCUT2D eigenvalue weighted by molar-refractivity contribution is 0.0557. The van der Waals surface area contributed by atoms with Gasteiger partial charge in [0.2, 0.25) is 0 Å². The van der Waals surface area contributed by atoms with Crippen molar-refractivity contribution in [1.82, 2.24) is 19.8 Å². The Balaban J connectivity index is 1.30. The number of benzene rings is 1. The number of amides is 3. The Morgan fingerprint density at radius 2 is 1.83 bits per heavy atom. The smallest absolute Gasteiger partial charge is 0.409 e. The van der Waals surface area contributed by atoms with Crippen LogP contribution in [0.2, 0.25) is 5.02 Å². The summed E-state index contributed by atoms with van der Waals surface area (Å²) in [6, 6.07) is 10.4. The number of pyridine rings is 1. The molecule has 9 nitrogen and oxygen atoms in total. The summed E-state index contributed by atoms with van der Waals surface area (Å²) in [5.41, 5.74) is 2.00. The van der Waals surface area contributed by atoms with Crippen LogP contribution in [0.25, 0.3) is 11.3 Å². The first kappa shape index (κ1) is 25.6. The van der Waals surface area contributed by atoms with Crippen molar-refractivity contribution in [1.29, 1.82) is 0 Å². The fraction of sp³-hybridized carbons (Fsp3) is 0.320. The number of aromatic nitrogens is 2. The van der Waals surface area contributed by atoms with E-state index in [0.29, 0.717) is 54.2 Å². The average molecular weight is 528 g/mol. The van der Waals surface area contributed by atoms with E-state index in [9.17, 15) is 14.4 Å². The molecule has 3 amide bonds. The number of rotatable bonds is 7. The molecule has 0 atom stereocenters. The van der Waals surface area contributed by atoms with Crippen LogP contribution in [-0.2, 0) is 4.74 Å². The lowest BCUT2D eigenvalue weighted by atomic mass is 10.2. The van der Waals surface area contributed by atoms with Crippen molar-refractivity contribution in [2.45, 2.75) is 19.8 Å². The van der Waals surface area contributed by atoms with Crippen LogP contribution in [0.1, 0.15) is 40.6 Å². The summed E-state index contributed by atoms with van der Waals surface area (Å²) in [5, 5.41) is 5.55. The first-order chi connectivity index (χ1) is 17.5. The van der Waals surface area contributed by atoms with E-state index in [1.807, 2.05) is 30.5 Å². The lowest BCUT2D eigenvalue weighted by Crippen LogP contribution is -2.50. The first-order valence-electron chi connectivity index (χ1n) is 11.6. The van der Waals surface area contributed by atoms with E-state index in [4.69, 9.17) is 16.3 Å². The van der Waals surface area contributed by atoms with Gasteiger partial charge < -0.3 is 14.5 Å². The van der Waals surface area contributed by atoms with Gasteiger partial charge in [0.25, 0.3) is 11.8 Å². The second-order valence-corrected chi connectivity index (χ2v) is 9.42. The number of anilines is 1. The SMILES string of the molecule is CCCCOC(=O)N1CCN(C(=O)c2ccc(C(=O)Nc3nc(-c4ccccc4Cl)cs3)nc2)CC1. The number of carbonyl (C=O) groups excluding carboxylic acids is 3. The van der Waals surface area contributed by atoms with E-state index < -0.39 is 5.91 Å². The van der Waals surface area contributed by atoms with Crippen LogP contribution in [0.15, 0.2) is 48.0 Å². The van der Waals surface area contributed by atoms with Gasteiger partial charge in [-0.1, -0.05) is 43.1 Å². The summed E-state index contributed by atoms with van der Waals surface area (Å²) >= 11 is 7.51. The molecule has 0 radical (unpaired) electrons. The molecule has 1 aliphatic heterocycles. The number of halogens is 1. The summed E-state index contributed by atoms with van der Waals surface area (Å²) in [7, 11) is 0. The molecule has 3 aromatic rings. The van der Waals surface area contributed by atoms with Crippen LogP contribution in [0.3, 0.4) is 0 Å². The number of carbonyl (C=O) groups is 3. The number of ether oxygens (including phenoxy) is 1. The van der Waals surface area contributed by atoms with Gasteiger partial charge in [-0.15, -0.1) is 11.3 Å². The molecule has 188 valence electrons. The second-order valence-electron chi connectivity index (χ2n) is 8.15. The zero-order valence-electron chi connectivity index (χ0n) is 19.8. The molecular weight excluding hydrogens is 502 g/mol. The van der Waals surface area contributed by atoms with Crippen molar-refractivity contribution in [3.8, 4) is 11.3 Å². The van der Waals surface area contributed by atoms with E-state index in [1.165, 1.54) is 23.6 Å². The van der Waals surface area contributed by atoms with Crippen LogP contribution in [-0.4, -0.2) is 70.5 Å². The molecule has 0 saturated carbocycles. The predicted molar refractivity (Wildman–Crippen MR) is 138 cm³/mol. The molecule has 2 aromatic heterocycles. The number of unbranched alkanes of at least 4 members (excludes halogenated alkanes) is 1. The predicted octanol–water partition coefficient (Wildman–Crippen LogP) is 4.81. The topological polar surface area (TPSA) is 105 Å². The van der Waals surface area contributed by atoms with Gasteiger partial charge in [0.05, 0.1) is 17.9 Å². The molecule has 4 rings (SSSR count). The monoisotopic (exact) mass is 527 g/mol. The maximum absolute atomic E-state index is 12.9. The number of piperazine rings is 1. The summed E-state index contributed by atoms with van der Waals surface area (Å²) in [5.74, 6) is -0.623. The molecule has 1 fully saturated rings. The number of hydrogen-bond acceptors (Lipinski definition) is 7. The summed E-state index contributed by atoms with van der Waals surface area (Å²) in [4.78, 5) is 49.4. The summed E-state index contributed by atoms with van der Waals surface area (Å²) in [6.45, 7) is 4.07. The number of nitrogens with one attached hydrogen (secondary N) is 1. The molecule has 0 aliphatic carbocycles. The highest BCUT2D eigenvalue weighted by molar-refractivity contribution is 7.14. The van der Waals surface area contributed by atoms with Gasteiger partial charge in [-0.2, -0.15) is 0 Å². The Kier molecular flexibility index (Phi) is 8.50. The Morgan fingerprint density at radius 3 is 2.53 bits per heavy atom. The molecule has 11 heteroatoms. The highest BCUT2D eigenvalue weighted by Gasteiger charge is 2.26. The molecular formula is C25H26ClN5O4S. The van der Waals surface area contributed by atoms with Gasteiger partial charge >= 0.3 is 6.09 Å². The minimum absolute atomic E-state index is 0.167. The third-order valence-corrected chi connectivity index (χ3v) is 6.75. The van der Waals surface area contributed by atoms with Crippen LogP contribution >= 0.6 is 22.9 Å². The molecule has 1 aromatic carbocycles. The highest BCUT2D eigenvalue weighted by Crippen LogP contribution is 2.30. The van der Waals surface area contributed by atoms with Gasteiger partial charge in [0.1, 0.15) is 5.69 Å². The van der Waals surface area contributed by atoms with E-state index in [-0.39, 0.29) is 17.7 Å². The van der Waals surface area contributed by atoms with E-state index in [1.54, 1.807) is 21.9 Å². The minimum Gasteiger partial charge on any atom is -0.449 e. The van der Waals surface area contributed by atoms with Crippen molar-refractivity contribution < 1.29 is 19.1 Å². The summed E-state index contributed by atoms with van der Waals surface area (Å²) < 4.78 is 5.24. The number of thiazole rings is 1. The van der Waals surface area contributed by atoms with Gasteiger partial charge in [-0.3, -0.25) is 19.9 Å². The molecule has 36 heavy (non-hydrogen) atoms. The molecule has 0 bridgehead atoms. The standard InChI is InChI=1S/C25H26ClN5O4S/c1-2-3-14-35-25(34)31-12-10-30(11-13-31)23(33)17-8-9-20(27-15-17)22(32)29-24-28-21(16-36-24)18-6-4-5-7-19(18)26/h4-9,15-16H,2-3,10-14H2,1H3,(H,28,29,32). The van der Waals surface area contributed by atoms with E-state index in [0.717, 1.165) is 18.4 Å². The van der Waals surface area contributed by atoms with Gasteiger partial charge in [0.15, 0.2) is 5.13 Å². The maximum Gasteiger partial charge on any atom is 0.409 e. The Morgan fingerprint density at radius 1 is 1.08 bits per heavy atom. The highest BCUT2D eigenvalue weighted by atomic mass is 35.5. The quantitative estimate of drug-likeness (QED) is 0.442. The minimum atomic E-state index is -0.427. The van der Waals surface area contributed by atoms with Crippen LogP contribution in [0, 0.1) is 0 Å². The fourth-order valence-electron chi connectivity index (χ4n) is 3.61. The number of nitrogens with zero attached hydrogens (tertiary/aromatic N) is 4. The first-order valence-corrected chi connectivity index (χ1v) is 12.9. The van der Waals surface area contributed by atoms with Crippen LogP contribution in [0.5, 0.6) is 0 Å². The zero-order valence-corrected chi connectivity index (χ0v) is 21.3. The van der Waals surface area contributed by atoms with E-state index in [2.05, 4.69) is 15.3 Å². The molecule has 0 unspecified atom stereocenters. The van der Waals surface area contributed by atoms with Crippen molar-refractivity contribution in [3.63, 3.8) is 0 Å². The van der Waals surface area contributed by atoms with Gasteiger partial charge in [-0.25, -0.2) is 9.78 Å². The van der Waals surface area contributed by atoms with Gasteiger partial charge in [-0.05, 0) is 24.6 Å². The molecule has 0 spiro atoms. The number of hydrogen-bond donors (Lipinski definition) is 1. The van der Waals surface area contributed by atoms with Crippen molar-refractivity contribution in [2.24, 2.45) is 0 Å². The largest absolute Gasteiger partial charge is 0.449 e. The molecule has 3 heterocycles. The molecule has 1 N–H and O–H groups in total. The van der Waals surface area contributed by atoms with Crippen molar-refractivity contribution in [3.05, 3.63) is 64.3 Å². The lowest BCUT2D eigenvalue weighted by Gasteiger charge is -2.34. The summed E-state index contributed by atoms with van der Waals surface area (Å²) in [6.07, 6.45) is 2.84. The van der Waals surface area contributed by atoms with E-state index >= 15 is 0 Å². The van der Waals surface area contributed by atoms with Gasteiger partial charge in [0, 0.05) is 48.3 Å². The second kappa shape index (κ2) is 12.0. The molecule has 1 aliphatic rings. The van der Waals surface area contributed by atoms with Crippen LogP contribution < -0.4 is 5.32 Å². The fourth-order valence-corrected chi connectivity index (χ4v) is 4.55. The van der Waals surface area contributed by atoms with Crippen molar-refractivity contribution >= 4 is 46.0 Å². The third kappa shape index (κ3) is 6.19. The Hall–Kier alpha value is -3.50. The zero-order chi connectivity index (χ0) is 25.5.